The lowest BCUT2D eigenvalue weighted by Gasteiger charge is -2.13. The summed E-state index contributed by atoms with van der Waals surface area (Å²) in [6.07, 6.45) is 4.26. The minimum absolute atomic E-state index is 0.00396. The number of hydrogen-bond donors (Lipinski definition) is 1. The summed E-state index contributed by atoms with van der Waals surface area (Å²) in [6.45, 7) is 2.44. The van der Waals surface area contributed by atoms with Crippen molar-refractivity contribution in [2.75, 3.05) is 25.3 Å². The third-order valence-electron chi connectivity index (χ3n) is 5.37. The molecule has 0 bridgehead atoms. The highest BCUT2D eigenvalue weighted by atomic mass is 32.2. The molecule has 0 saturated carbocycles. The number of thiophene rings is 1. The van der Waals surface area contributed by atoms with E-state index in [9.17, 15) is 9.59 Å². The number of methoxy groups -OCH3 is 2. The van der Waals surface area contributed by atoms with Crippen LogP contribution in [0.3, 0.4) is 0 Å². The van der Waals surface area contributed by atoms with Gasteiger partial charge in [-0.3, -0.25) is 14.2 Å². The van der Waals surface area contributed by atoms with Gasteiger partial charge in [-0.1, -0.05) is 11.8 Å². The summed E-state index contributed by atoms with van der Waals surface area (Å²) >= 11 is 2.90. The fourth-order valence-electron chi connectivity index (χ4n) is 3.84. The summed E-state index contributed by atoms with van der Waals surface area (Å²) in [7, 11) is 3.11. The number of hydrogen-bond acceptors (Lipinski definition) is 7. The molecule has 0 atom stereocenters. The Morgan fingerprint density at radius 2 is 2.06 bits per heavy atom. The third kappa shape index (κ3) is 4.29. The maximum atomic E-state index is 13.2. The van der Waals surface area contributed by atoms with Crippen LogP contribution in [0.15, 0.2) is 28.2 Å². The van der Waals surface area contributed by atoms with Gasteiger partial charge in [-0.2, -0.15) is 0 Å². The van der Waals surface area contributed by atoms with E-state index >= 15 is 0 Å². The molecule has 0 spiro atoms. The Kier molecular flexibility index (Phi) is 6.52. The van der Waals surface area contributed by atoms with Crippen LogP contribution < -0.4 is 20.3 Å². The monoisotopic (exact) mass is 459 g/mol. The van der Waals surface area contributed by atoms with Crippen LogP contribution in [0.4, 0.5) is 5.69 Å². The number of anilines is 1. The van der Waals surface area contributed by atoms with E-state index in [1.807, 2.05) is 6.92 Å². The molecular weight excluding hydrogens is 434 g/mol. The lowest BCUT2D eigenvalue weighted by Crippen LogP contribution is -2.24. The van der Waals surface area contributed by atoms with E-state index in [1.54, 1.807) is 48.3 Å². The molecule has 1 aromatic carbocycles. The van der Waals surface area contributed by atoms with Gasteiger partial charge in [-0.25, -0.2) is 4.98 Å². The Bertz CT molecular complexity index is 1190. The number of amides is 1. The Hall–Kier alpha value is -2.52. The van der Waals surface area contributed by atoms with Gasteiger partial charge in [0.2, 0.25) is 5.91 Å². The molecule has 2 aromatic heterocycles. The minimum Gasteiger partial charge on any atom is -0.497 e. The molecule has 0 aliphatic heterocycles. The van der Waals surface area contributed by atoms with Gasteiger partial charge in [0.1, 0.15) is 16.3 Å². The van der Waals surface area contributed by atoms with Crippen molar-refractivity contribution in [2.24, 2.45) is 0 Å². The Morgan fingerprint density at radius 1 is 1.26 bits per heavy atom. The van der Waals surface area contributed by atoms with Crippen LogP contribution in [-0.4, -0.2) is 35.4 Å². The summed E-state index contributed by atoms with van der Waals surface area (Å²) in [5.41, 5.74) is 1.73. The van der Waals surface area contributed by atoms with Crippen molar-refractivity contribution in [3.8, 4) is 11.5 Å². The Labute approximate surface area is 188 Å². The van der Waals surface area contributed by atoms with Crippen LogP contribution in [0.5, 0.6) is 11.5 Å². The van der Waals surface area contributed by atoms with E-state index < -0.39 is 0 Å². The van der Waals surface area contributed by atoms with E-state index in [-0.39, 0.29) is 17.2 Å². The van der Waals surface area contributed by atoms with Gasteiger partial charge >= 0.3 is 0 Å². The van der Waals surface area contributed by atoms with Crippen molar-refractivity contribution >= 4 is 44.9 Å². The number of fused-ring (bicyclic) bond motifs is 3. The molecule has 3 aromatic rings. The molecule has 0 unspecified atom stereocenters. The van der Waals surface area contributed by atoms with Gasteiger partial charge < -0.3 is 14.8 Å². The molecule has 2 heterocycles. The molecule has 31 heavy (non-hydrogen) atoms. The molecule has 164 valence electrons. The average molecular weight is 460 g/mol. The first-order chi connectivity index (χ1) is 15.0. The maximum Gasteiger partial charge on any atom is 0.263 e. The van der Waals surface area contributed by atoms with Crippen molar-refractivity contribution in [2.45, 2.75) is 44.3 Å². The largest absolute Gasteiger partial charge is 0.497 e. The van der Waals surface area contributed by atoms with Gasteiger partial charge in [0.05, 0.1) is 31.0 Å². The summed E-state index contributed by atoms with van der Waals surface area (Å²) in [5, 5.41) is 4.21. The van der Waals surface area contributed by atoms with Gasteiger partial charge in [0.25, 0.3) is 5.56 Å². The predicted molar refractivity (Wildman–Crippen MR) is 125 cm³/mol. The van der Waals surface area contributed by atoms with Crippen molar-refractivity contribution in [3.63, 3.8) is 0 Å². The van der Waals surface area contributed by atoms with E-state index in [0.29, 0.717) is 28.9 Å². The summed E-state index contributed by atoms with van der Waals surface area (Å²) in [5.74, 6) is 1.09. The smallest absolute Gasteiger partial charge is 0.263 e. The topological polar surface area (TPSA) is 82.5 Å². The van der Waals surface area contributed by atoms with Crippen LogP contribution in [0, 0.1) is 0 Å². The second kappa shape index (κ2) is 9.32. The highest BCUT2D eigenvalue weighted by Gasteiger charge is 2.22. The molecule has 0 saturated heterocycles. The molecule has 9 heteroatoms. The molecule has 0 radical (unpaired) electrons. The quantitative estimate of drug-likeness (QED) is 0.423. The summed E-state index contributed by atoms with van der Waals surface area (Å²) in [6, 6.07) is 5.22. The van der Waals surface area contributed by atoms with Gasteiger partial charge in [-0.05, 0) is 50.3 Å². The lowest BCUT2D eigenvalue weighted by atomic mass is 9.97. The zero-order valence-corrected chi connectivity index (χ0v) is 19.5. The predicted octanol–water partition coefficient (Wildman–Crippen LogP) is 4.10. The number of carbonyl (C=O) groups is 1. The highest BCUT2D eigenvalue weighted by molar-refractivity contribution is 7.99. The van der Waals surface area contributed by atoms with Gasteiger partial charge in [-0.15, -0.1) is 11.3 Å². The number of thioether (sulfide) groups is 1. The number of nitrogens with zero attached hydrogens (tertiary/aromatic N) is 2. The number of aryl methyl sites for hydroxylation is 2. The maximum absolute atomic E-state index is 13.2. The fraction of sp³-hybridized carbons (Fsp3) is 0.409. The van der Waals surface area contributed by atoms with Crippen molar-refractivity contribution in [3.05, 3.63) is 39.0 Å². The molecule has 7 nitrogen and oxygen atoms in total. The fourth-order valence-corrected chi connectivity index (χ4v) is 6.00. The van der Waals surface area contributed by atoms with Crippen molar-refractivity contribution < 1.29 is 14.3 Å². The van der Waals surface area contributed by atoms with Gasteiger partial charge in [0.15, 0.2) is 5.16 Å². The lowest BCUT2D eigenvalue weighted by molar-refractivity contribution is -0.113. The van der Waals surface area contributed by atoms with Gasteiger partial charge in [0, 0.05) is 17.5 Å². The van der Waals surface area contributed by atoms with Crippen LogP contribution in [0.2, 0.25) is 0 Å². The van der Waals surface area contributed by atoms with Crippen LogP contribution >= 0.6 is 23.1 Å². The first-order valence-electron chi connectivity index (χ1n) is 10.3. The Morgan fingerprint density at radius 3 is 2.81 bits per heavy atom. The van der Waals surface area contributed by atoms with Crippen LogP contribution in [-0.2, 0) is 24.2 Å². The number of ether oxygens (including phenoxy) is 2. The minimum atomic E-state index is -0.209. The zero-order valence-electron chi connectivity index (χ0n) is 17.8. The molecule has 0 fully saturated rings. The number of carbonyl (C=O) groups excluding carboxylic acids is 1. The second-order valence-electron chi connectivity index (χ2n) is 7.24. The van der Waals surface area contributed by atoms with Crippen LogP contribution in [0.25, 0.3) is 10.2 Å². The molecule has 4 rings (SSSR count). The molecule has 1 aliphatic rings. The third-order valence-corrected chi connectivity index (χ3v) is 7.53. The SMILES string of the molecule is CCn1c(SCC(=O)Nc2cc(OC)ccc2OC)nc2sc3c(c2c1=O)CCCC3. The number of rotatable bonds is 7. The zero-order chi connectivity index (χ0) is 22.0. The van der Waals surface area contributed by atoms with E-state index in [1.165, 1.54) is 22.2 Å². The molecule has 1 amide bonds. The first kappa shape index (κ1) is 21.7. The first-order valence-corrected chi connectivity index (χ1v) is 12.1. The van der Waals surface area contributed by atoms with E-state index in [4.69, 9.17) is 14.5 Å². The normalized spacial score (nSPS) is 13.1. The van der Waals surface area contributed by atoms with Crippen molar-refractivity contribution in [1.29, 1.82) is 0 Å². The summed E-state index contributed by atoms with van der Waals surface area (Å²) in [4.78, 5) is 32.7. The number of benzene rings is 1. The van der Waals surface area contributed by atoms with E-state index in [0.717, 1.165) is 35.9 Å². The Balaban J connectivity index is 1.56. The highest BCUT2D eigenvalue weighted by Crippen LogP contribution is 2.35. The van der Waals surface area contributed by atoms with Crippen LogP contribution in [0.1, 0.15) is 30.2 Å². The van der Waals surface area contributed by atoms with E-state index in [2.05, 4.69) is 5.32 Å². The standard InChI is InChI=1S/C22H25N3O4S2/c1-4-25-21(27)19-14-7-5-6-8-17(14)31-20(19)24-22(25)30-12-18(26)23-15-11-13(28-2)9-10-16(15)29-3/h9-11H,4-8,12H2,1-3H3,(H,23,26). The molecular formula is C22H25N3O4S2. The second-order valence-corrected chi connectivity index (χ2v) is 9.26. The average Bonchev–Trinajstić information content (AvgIpc) is 3.16. The molecule has 1 aliphatic carbocycles. The van der Waals surface area contributed by atoms with Crippen molar-refractivity contribution in [1.82, 2.24) is 9.55 Å². The summed E-state index contributed by atoms with van der Waals surface area (Å²) < 4.78 is 12.2. The molecule has 1 N–H and O–H groups in total. The number of nitrogens with one attached hydrogen (secondary N) is 1. The number of aromatic nitrogens is 2.